The predicted molar refractivity (Wildman–Crippen MR) is 101 cm³/mol. The third-order valence-electron chi connectivity index (χ3n) is 3.26. The van der Waals surface area contributed by atoms with Crippen LogP contribution < -0.4 is 21.1 Å². The summed E-state index contributed by atoms with van der Waals surface area (Å²) in [6.45, 7) is 4.07. The number of amides is 1. The molecule has 2 aromatic carbocycles. The summed E-state index contributed by atoms with van der Waals surface area (Å²) in [7, 11) is 0. The fourth-order valence-electron chi connectivity index (χ4n) is 2.16. The topological polar surface area (TPSA) is 76.4 Å². The Morgan fingerprint density at radius 3 is 2.54 bits per heavy atom. The first kappa shape index (κ1) is 19.6. The number of carbonyl (C=O) groups is 1. The van der Waals surface area contributed by atoms with E-state index in [1.54, 1.807) is 18.2 Å². The van der Waals surface area contributed by atoms with Gasteiger partial charge in [0.05, 0.1) is 6.10 Å². The third kappa shape index (κ3) is 6.29. The van der Waals surface area contributed by atoms with Gasteiger partial charge in [-0.1, -0.05) is 23.7 Å². The van der Waals surface area contributed by atoms with Crippen LogP contribution in [0.3, 0.4) is 0 Å². The molecule has 2 rings (SSSR count). The summed E-state index contributed by atoms with van der Waals surface area (Å²) in [6.07, 6.45) is 1.07. The molecule has 1 amide bonds. The fourth-order valence-corrected chi connectivity index (χ4v) is 2.28. The highest BCUT2D eigenvalue weighted by atomic mass is 35.5. The molecular formula is C19H21ClFN3O2. The highest BCUT2D eigenvalue weighted by Crippen LogP contribution is 2.23. The Balaban J connectivity index is 2.09. The number of anilines is 1. The number of hydrogen-bond acceptors (Lipinski definition) is 4. The summed E-state index contributed by atoms with van der Waals surface area (Å²) < 4.78 is 19.5. The summed E-state index contributed by atoms with van der Waals surface area (Å²) in [4.78, 5) is 11.3. The summed E-state index contributed by atoms with van der Waals surface area (Å²) in [5.41, 5.74) is 6.65. The molecule has 0 aliphatic carbocycles. The Hall–Kier alpha value is -2.73. The van der Waals surface area contributed by atoms with E-state index in [9.17, 15) is 9.18 Å². The van der Waals surface area contributed by atoms with E-state index in [4.69, 9.17) is 22.1 Å². The minimum Gasteiger partial charge on any atom is -0.488 e. The number of primary amides is 1. The number of carbonyl (C=O) groups excluding carboxylic acids is 1. The normalized spacial score (nSPS) is 11.3. The van der Waals surface area contributed by atoms with Crippen molar-refractivity contribution >= 4 is 23.2 Å². The van der Waals surface area contributed by atoms with Crippen molar-refractivity contribution in [3.8, 4) is 5.75 Å². The lowest BCUT2D eigenvalue weighted by Crippen LogP contribution is -2.22. The van der Waals surface area contributed by atoms with Gasteiger partial charge in [0.25, 0.3) is 0 Å². The van der Waals surface area contributed by atoms with Crippen molar-refractivity contribution in [2.75, 3.05) is 5.32 Å². The Morgan fingerprint density at radius 2 is 1.96 bits per heavy atom. The van der Waals surface area contributed by atoms with Gasteiger partial charge in [-0.3, -0.25) is 4.79 Å². The molecule has 0 unspecified atom stereocenters. The number of benzene rings is 2. The average molecular weight is 378 g/mol. The van der Waals surface area contributed by atoms with Crippen LogP contribution in [-0.4, -0.2) is 12.0 Å². The van der Waals surface area contributed by atoms with Crippen LogP contribution in [0.2, 0.25) is 5.02 Å². The maximum absolute atomic E-state index is 14.1. The molecule has 0 atom stereocenters. The van der Waals surface area contributed by atoms with Gasteiger partial charge in [0.2, 0.25) is 5.91 Å². The van der Waals surface area contributed by atoms with Crippen molar-refractivity contribution in [1.82, 2.24) is 5.32 Å². The van der Waals surface area contributed by atoms with Gasteiger partial charge in [-0.2, -0.15) is 0 Å². The second-order valence-electron chi connectivity index (χ2n) is 5.88. The molecule has 0 bridgehead atoms. The van der Waals surface area contributed by atoms with E-state index in [-0.39, 0.29) is 11.9 Å². The number of rotatable bonds is 8. The Labute approximate surface area is 157 Å². The van der Waals surface area contributed by atoms with Crippen molar-refractivity contribution in [3.63, 3.8) is 0 Å². The van der Waals surface area contributed by atoms with Gasteiger partial charge in [0.1, 0.15) is 5.82 Å². The van der Waals surface area contributed by atoms with Crippen molar-refractivity contribution in [2.24, 2.45) is 5.73 Å². The van der Waals surface area contributed by atoms with Gasteiger partial charge in [-0.15, -0.1) is 0 Å². The van der Waals surface area contributed by atoms with E-state index in [1.807, 2.05) is 26.0 Å². The number of hydrogen-bond donors (Lipinski definition) is 3. The van der Waals surface area contributed by atoms with E-state index >= 15 is 0 Å². The zero-order valence-electron chi connectivity index (χ0n) is 14.6. The maximum Gasteiger partial charge on any atom is 0.245 e. The SMILES string of the molecule is CC(C)Oc1ccc(N/C(=C/C(N)=O)NCc2ccc(Cl)cc2)cc1F. The molecular weight excluding hydrogens is 357 g/mol. The van der Waals surface area contributed by atoms with E-state index in [1.165, 1.54) is 18.2 Å². The molecule has 0 heterocycles. The van der Waals surface area contributed by atoms with Crippen LogP contribution in [0.1, 0.15) is 19.4 Å². The first-order chi connectivity index (χ1) is 12.3. The molecule has 4 N–H and O–H groups in total. The monoisotopic (exact) mass is 377 g/mol. The standard InChI is InChI=1S/C19H21ClFN3O2/c1-12(2)26-17-8-7-15(9-16(17)21)24-19(10-18(22)25)23-11-13-3-5-14(20)6-4-13/h3-10,12,23-24H,11H2,1-2H3,(H2,22,25)/b19-10+. The molecule has 0 spiro atoms. The lowest BCUT2D eigenvalue weighted by molar-refractivity contribution is -0.113. The molecule has 0 saturated heterocycles. The largest absolute Gasteiger partial charge is 0.488 e. The molecule has 0 radical (unpaired) electrons. The van der Waals surface area contributed by atoms with Crippen LogP contribution in [0.4, 0.5) is 10.1 Å². The molecule has 0 aliphatic rings. The first-order valence-electron chi connectivity index (χ1n) is 8.06. The van der Waals surface area contributed by atoms with Crippen LogP contribution in [0, 0.1) is 5.82 Å². The molecule has 2 aromatic rings. The summed E-state index contributed by atoms with van der Waals surface area (Å²) in [5.74, 6) is -0.611. The van der Waals surface area contributed by atoms with Crippen LogP contribution in [0.5, 0.6) is 5.75 Å². The zero-order valence-corrected chi connectivity index (χ0v) is 15.3. The van der Waals surface area contributed by atoms with Crippen LogP contribution in [0.25, 0.3) is 0 Å². The number of halogens is 2. The van der Waals surface area contributed by atoms with E-state index < -0.39 is 11.7 Å². The molecule has 138 valence electrons. The second kappa shape index (κ2) is 9.10. The van der Waals surface area contributed by atoms with Crippen LogP contribution in [-0.2, 0) is 11.3 Å². The van der Waals surface area contributed by atoms with E-state index in [2.05, 4.69) is 10.6 Å². The molecule has 0 aromatic heterocycles. The molecule has 0 fully saturated rings. The fraction of sp³-hybridized carbons (Fsp3) is 0.211. The van der Waals surface area contributed by atoms with Crippen molar-refractivity contribution in [3.05, 3.63) is 70.8 Å². The van der Waals surface area contributed by atoms with Crippen molar-refractivity contribution in [2.45, 2.75) is 26.5 Å². The van der Waals surface area contributed by atoms with Gasteiger partial charge < -0.3 is 21.1 Å². The minimum absolute atomic E-state index is 0.130. The van der Waals surface area contributed by atoms with E-state index in [0.29, 0.717) is 23.1 Å². The van der Waals surface area contributed by atoms with Crippen molar-refractivity contribution < 1.29 is 13.9 Å². The third-order valence-corrected chi connectivity index (χ3v) is 3.51. The van der Waals surface area contributed by atoms with E-state index in [0.717, 1.165) is 5.56 Å². The highest BCUT2D eigenvalue weighted by Gasteiger charge is 2.08. The lowest BCUT2D eigenvalue weighted by atomic mass is 10.2. The van der Waals surface area contributed by atoms with Gasteiger partial charge in [0, 0.05) is 29.4 Å². The maximum atomic E-state index is 14.1. The minimum atomic E-state index is -0.628. The molecule has 5 nitrogen and oxygen atoms in total. The molecule has 7 heteroatoms. The molecule has 0 aliphatic heterocycles. The Morgan fingerprint density at radius 1 is 1.27 bits per heavy atom. The molecule has 0 saturated carbocycles. The number of ether oxygens (including phenoxy) is 1. The summed E-state index contributed by atoms with van der Waals surface area (Å²) >= 11 is 5.86. The number of nitrogens with one attached hydrogen (secondary N) is 2. The predicted octanol–water partition coefficient (Wildman–Crippen LogP) is 3.79. The van der Waals surface area contributed by atoms with Gasteiger partial charge in [-0.05, 0) is 43.7 Å². The summed E-state index contributed by atoms with van der Waals surface area (Å²) in [5, 5.41) is 6.63. The highest BCUT2D eigenvalue weighted by molar-refractivity contribution is 6.30. The quantitative estimate of drug-likeness (QED) is 0.612. The van der Waals surface area contributed by atoms with Crippen molar-refractivity contribution in [1.29, 1.82) is 0 Å². The lowest BCUT2D eigenvalue weighted by Gasteiger charge is -2.15. The summed E-state index contributed by atoms with van der Waals surface area (Å²) in [6, 6.07) is 11.7. The Kier molecular flexibility index (Phi) is 6.86. The molecule has 26 heavy (non-hydrogen) atoms. The number of nitrogens with two attached hydrogens (primary N) is 1. The Bertz CT molecular complexity index is 792. The average Bonchev–Trinajstić information content (AvgIpc) is 2.56. The zero-order chi connectivity index (χ0) is 19.1. The van der Waals surface area contributed by atoms with Crippen LogP contribution in [0.15, 0.2) is 54.4 Å². The first-order valence-corrected chi connectivity index (χ1v) is 8.44. The smallest absolute Gasteiger partial charge is 0.245 e. The van der Waals surface area contributed by atoms with Gasteiger partial charge in [-0.25, -0.2) is 4.39 Å². The van der Waals surface area contributed by atoms with Crippen LogP contribution >= 0.6 is 11.6 Å². The van der Waals surface area contributed by atoms with Gasteiger partial charge >= 0.3 is 0 Å². The second-order valence-corrected chi connectivity index (χ2v) is 6.31. The van der Waals surface area contributed by atoms with Gasteiger partial charge in [0.15, 0.2) is 11.6 Å².